The minimum atomic E-state index is -2.76. The molecule has 2 aliphatic heterocycles. The van der Waals surface area contributed by atoms with E-state index in [2.05, 4.69) is 20.9 Å². The smallest absolute Gasteiger partial charge is 0.296 e. The fourth-order valence-corrected chi connectivity index (χ4v) is 5.93. The first-order chi connectivity index (χ1) is 19.5. The summed E-state index contributed by atoms with van der Waals surface area (Å²) in [4.78, 5) is 28.4. The predicted octanol–water partition coefficient (Wildman–Crippen LogP) is 3.43. The van der Waals surface area contributed by atoms with Crippen molar-refractivity contribution in [2.24, 2.45) is 5.92 Å². The average Bonchev–Trinajstić information content (AvgIpc) is 3.39. The first-order valence-electron chi connectivity index (χ1n) is 14.3. The molecule has 1 amide bonds. The van der Waals surface area contributed by atoms with Gasteiger partial charge in [0.2, 0.25) is 11.9 Å². The minimum absolute atomic E-state index is 0.0556. The molecule has 1 aliphatic carbocycles. The second-order valence-corrected chi connectivity index (χ2v) is 10.9. The van der Waals surface area contributed by atoms with Crippen molar-refractivity contribution in [1.29, 1.82) is 0 Å². The number of hydrogen-bond donors (Lipinski definition) is 3. The van der Waals surface area contributed by atoms with Gasteiger partial charge in [-0.15, -0.1) is 0 Å². The van der Waals surface area contributed by atoms with E-state index < -0.39 is 6.43 Å². The van der Waals surface area contributed by atoms with E-state index in [0.29, 0.717) is 54.9 Å². The van der Waals surface area contributed by atoms with Gasteiger partial charge in [-0.05, 0) is 57.2 Å². The molecule has 0 spiro atoms. The molecule has 3 fully saturated rings. The van der Waals surface area contributed by atoms with E-state index in [4.69, 9.17) is 14.7 Å². The molecular formula is C28H36F2N8O2. The number of alkyl halides is 2. The summed E-state index contributed by atoms with van der Waals surface area (Å²) in [7, 11) is 0. The van der Waals surface area contributed by atoms with E-state index in [9.17, 15) is 13.6 Å². The maximum Gasteiger partial charge on any atom is 0.296 e. The minimum Gasteiger partial charge on any atom is -0.378 e. The molecule has 3 N–H and O–H groups in total. The number of morpholine rings is 1. The number of amides is 1. The van der Waals surface area contributed by atoms with Gasteiger partial charge in [0.25, 0.3) is 6.43 Å². The number of hydrogen-bond acceptors (Lipinski definition) is 8. The van der Waals surface area contributed by atoms with Gasteiger partial charge in [-0.2, -0.15) is 9.97 Å². The van der Waals surface area contributed by atoms with Crippen molar-refractivity contribution in [1.82, 2.24) is 30.2 Å². The number of fused-ring (bicyclic) bond motifs is 1. The standard InChI is InChI=1S/C28H36F2N8O2/c29-25(30)26-34-21-5-1-2-6-22(21)38(26)24-16-23(35-28(36-24)37-12-14-40-15-13-37)32-19-7-9-20(10-8-19)33-27(39)18-4-3-11-31-17-18/h1-2,5-6,16,18-20,25,31H,3-4,7-15,17H2,(H,33,39)(H,32,35,36)/t18-,19?,20?/m0/s1. The van der Waals surface area contributed by atoms with Gasteiger partial charge < -0.3 is 25.6 Å². The summed E-state index contributed by atoms with van der Waals surface area (Å²) in [6, 6.07) is 9.14. The number of rotatable bonds is 7. The third-order valence-corrected chi connectivity index (χ3v) is 8.10. The first-order valence-corrected chi connectivity index (χ1v) is 14.3. The number of piperidine rings is 1. The topological polar surface area (TPSA) is 109 Å². The highest BCUT2D eigenvalue weighted by atomic mass is 19.3. The maximum absolute atomic E-state index is 14.1. The van der Waals surface area contributed by atoms with Crippen LogP contribution in [-0.4, -0.2) is 76.9 Å². The molecule has 214 valence electrons. The highest BCUT2D eigenvalue weighted by Crippen LogP contribution is 2.30. The van der Waals surface area contributed by atoms with Crippen molar-refractivity contribution >= 4 is 28.7 Å². The summed E-state index contributed by atoms with van der Waals surface area (Å²) in [5.74, 6) is 1.28. The fraction of sp³-hybridized carbons (Fsp3) is 0.571. The number of benzene rings is 1. The number of imidazole rings is 1. The highest BCUT2D eigenvalue weighted by Gasteiger charge is 2.28. The number of para-hydroxylation sites is 2. The van der Waals surface area contributed by atoms with Crippen LogP contribution < -0.4 is 20.9 Å². The zero-order valence-electron chi connectivity index (χ0n) is 22.5. The van der Waals surface area contributed by atoms with Crippen LogP contribution in [0.1, 0.15) is 50.8 Å². The number of carbonyl (C=O) groups is 1. The number of halogens is 2. The van der Waals surface area contributed by atoms with Gasteiger partial charge in [-0.1, -0.05) is 12.1 Å². The molecule has 2 aromatic heterocycles. The van der Waals surface area contributed by atoms with Crippen molar-refractivity contribution in [2.75, 3.05) is 49.6 Å². The van der Waals surface area contributed by atoms with Crippen molar-refractivity contribution in [3.05, 3.63) is 36.2 Å². The molecule has 6 rings (SSSR count). The number of aromatic nitrogens is 4. The highest BCUT2D eigenvalue weighted by molar-refractivity contribution is 5.79. The lowest BCUT2D eigenvalue weighted by Gasteiger charge is -2.32. The lowest BCUT2D eigenvalue weighted by Crippen LogP contribution is -2.46. The number of ether oxygens (including phenoxy) is 1. The Balaban J connectivity index is 1.22. The Hall–Kier alpha value is -3.38. The molecule has 2 saturated heterocycles. The zero-order chi connectivity index (χ0) is 27.5. The van der Waals surface area contributed by atoms with Crippen LogP contribution in [0, 0.1) is 5.92 Å². The molecule has 4 heterocycles. The normalized spacial score (nSPS) is 23.9. The lowest BCUT2D eigenvalue weighted by molar-refractivity contribution is -0.126. The second-order valence-electron chi connectivity index (χ2n) is 10.9. The Kier molecular flexibility index (Phi) is 8.05. The average molecular weight is 555 g/mol. The summed E-state index contributed by atoms with van der Waals surface area (Å²) in [6.45, 7) is 4.09. The molecular weight excluding hydrogens is 518 g/mol. The Morgan fingerprint density at radius 2 is 1.80 bits per heavy atom. The molecule has 1 saturated carbocycles. The molecule has 10 nitrogen and oxygen atoms in total. The van der Waals surface area contributed by atoms with E-state index in [1.807, 2.05) is 4.90 Å². The summed E-state index contributed by atoms with van der Waals surface area (Å²) < 4.78 is 35.2. The maximum atomic E-state index is 14.1. The largest absolute Gasteiger partial charge is 0.378 e. The van der Waals surface area contributed by atoms with Crippen molar-refractivity contribution in [3.8, 4) is 5.82 Å². The SMILES string of the molecule is O=C(NC1CCC(Nc2cc(-n3c(C(F)F)nc4ccccc43)nc(N3CCOCC3)n2)CC1)[C@H]1CCCNC1. The molecule has 1 atom stereocenters. The summed E-state index contributed by atoms with van der Waals surface area (Å²) >= 11 is 0. The Morgan fingerprint density at radius 1 is 1.02 bits per heavy atom. The molecule has 0 unspecified atom stereocenters. The monoisotopic (exact) mass is 554 g/mol. The molecule has 12 heteroatoms. The Morgan fingerprint density at radius 3 is 2.55 bits per heavy atom. The summed E-state index contributed by atoms with van der Waals surface area (Å²) in [6.07, 6.45) is 2.71. The van der Waals surface area contributed by atoms with Gasteiger partial charge in [0, 0.05) is 37.8 Å². The fourth-order valence-electron chi connectivity index (χ4n) is 5.93. The number of anilines is 2. The van der Waals surface area contributed by atoms with Gasteiger partial charge in [-0.3, -0.25) is 9.36 Å². The summed E-state index contributed by atoms with van der Waals surface area (Å²) in [5.41, 5.74) is 1.06. The number of carbonyl (C=O) groups excluding carboxylic acids is 1. The lowest BCUT2D eigenvalue weighted by atomic mass is 9.90. The summed E-state index contributed by atoms with van der Waals surface area (Å²) in [5, 5.41) is 10.1. The molecule has 40 heavy (non-hydrogen) atoms. The van der Waals surface area contributed by atoms with Gasteiger partial charge in [-0.25, -0.2) is 13.8 Å². The Labute approximate surface area is 231 Å². The second kappa shape index (κ2) is 12.0. The van der Waals surface area contributed by atoms with Crippen LogP contribution in [-0.2, 0) is 9.53 Å². The predicted molar refractivity (Wildman–Crippen MR) is 148 cm³/mol. The van der Waals surface area contributed by atoms with Crippen molar-refractivity contribution < 1.29 is 18.3 Å². The zero-order valence-corrected chi connectivity index (χ0v) is 22.5. The molecule has 0 bridgehead atoms. The molecule has 3 aliphatic rings. The van der Waals surface area contributed by atoms with Crippen LogP contribution in [0.3, 0.4) is 0 Å². The quantitative estimate of drug-likeness (QED) is 0.408. The van der Waals surface area contributed by atoms with E-state index >= 15 is 0 Å². The van der Waals surface area contributed by atoms with Crippen LogP contribution in [0.4, 0.5) is 20.5 Å². The first kappa shape index (κ1) is 26.8. The van der Waals surface area contributed by atoms with Gasteiger partial charge >= 0.3 is 0 Å². The molecule has 1 aromatic carbocycles. The van der Waals surface area contributed by atoms with Crippen LogP contribution in [0.15, 0.2) is 30.3 Å². The van der Waals surface area contributed by atoms with Crippen molar-refractivity contribution in [2.45, 2.75) is 57.0 Å². The molecule has 0 radical (unpaired) electrons. The van der Waals surface area contributed by atoms with Crippen LogP contribution in [0.2, 0.25) is 0 Å². The van der Waals surface area contributed by atoms with E-state index in [1.54, 1.807) is 30.3 Å². The molecule has 3 aromatic rings. The van der Waals surface area contributed by atoms with E-state index in [-0.39, 0.29) is 29.7 Å². The third-order valence-electron chi connectivity index (χ3n) is 8.10. The van der Waals surface area contributed by atoms with Gasteiger partial charge in [0.05, 0.1) is 30.2 Å². The van der Waals surface area contributed by atoms with E-state index in [0.717, 1.165) is 51.6 Å². The van der Waals surface area contributed by atoms with Crippen molar-refractivity contribution in [3.63, 3.8) is 0 Å². The van der Waals surface area contributed by atoms with Crippen LogP contribution in [0.25, 0.3) is 16.9 Å². The number of nitrogens with zero attached hydrogens (tertiary/aromatic N) is 5. The number of nitrogens with one attached hydrogen (secondary N) is 3. The van der Waals surface area contributed by atoms with Crippen LogP contribution >= 0.6 is 0 Å². The van der Waals surface area contributed by atoms with Crippen LogP contribution in [0.5, 0.6) is 0 Å². The Bertz CT molecular complexity index is 1310. The van der Waals surface area contributed by atoms with Gasteiger partial charge in [0.1, 0.15) is 11.6 Å². The van der Waals surface area contributed by atoms with E-state index in [1.165, 1.54) is 4.57 Å². The van der Waals surface area contributed by atoms with Gasteiger partial charge in [0.15, 0.2) is 5.82 Å². The third kappa shape index (κ3) is 5.87.